The first-order valence-corrected chi connectivity index (χ1v) is 5.71. The Morgan fingerprint density at radius 2 is 2.18 bits per heavy atom. The highest BCUT2D eigenvalue weighted by molar-refractivity contribution is 5.90. The Bertz CT molecular complexity index is 415. The largest absolute Gasteiger partial charge is 0.467 e. The average molecular weight is 232 g/mol. The number of ether oxygens (including phenoxy) is 1. The van der Waals surface area contributed by atoms with Crippen LogP contribution in [0.2, 0.25) is 0 Å². The van der Waals surface area contributed by atoms with Crippen LogP contribution in [0.3, 0.4) is 0 Å². The zero-order valence-corrected chi connectivity index (χ0v) is 9.85. The van der Waals surface area contributed by atoms with Crippen molar-refractivity contribution >= 4 is 11.8 Å². The molecule has 1 aliphatic heterocycles. The molecule has 1 aliphatic rings. The van der Waals surface area contributed by atoms with Gasteiger partial charge >= 0.3 is 5.97 Å². The van der Waals surface area contributed by atoms with Gasteiger partial charge in [-0.05, 0) is 12.0 Å². The van der Waals surface area contributed by atoms with Crippen molar-refractivity contribution in [2.45, 2.75) is 18.9 Å². The summed E-state index contributed by atoms with van der Waals surface area (Å²) < 4.78 is 4.67. The minimum absolute atomic E-state index is 0.247. The number of hydrogen-bond donors (Lipinski definition) is 1. The van der Waals surface area contributed by atoms with Crippen molar-refractivity contribution in [3.63, 3.8) is 0 Å². The number of nitrogens with zero attached hydrogens (tertiary/aromatic N) is 1. The van der Waals surface area contributed by atoms with E-state index in [9.17, 15) is 4.79 Å². The number of carbonyl (C=O) groups is 1. The van der Waals surface area contributed by atoms with Gasteiger partial charge in [-0.3, -0.25) is 4.99 Å². The summed E-state index contributed by atoms with van der Waals surface area (Å²) >= 11 is 0. The van der Waals surface area contributed by atoms with Gasteiger partial charge < -0.3 is 10.1 Å². The summed E-state index contributed by atoms with van der Waals surface area (Å²) in [4.78, 5) is 15.6. The Balaban J connectivity index is 1.80. The van der Waals surface area contributed by atoms with Gasteiger partial charge in [0.2, 0.25) is 0 Å². The lowest BCUT2D eigenvalue weighted by molar-refractivity contribution is -0.142. The number of benzene rings is 1. The predicted octanol–water partition coefficient (Wildman–Crippen LogP) is 1.16. The van der Waals surface area contributed by atoms with Crippen molar-refractivity contribution in [1.29, 1.82) is 0 Å². The van der Waals surface area contributed by atoms with Crippen LogP contribution < -0.4 is 5.32 Å². The summed E-state index contributed by atoms with van der Waals surface area (Å²) in [7, 11) is 1.39. The molecular formula is C13H16N2O2. The summed E-state index contributed by atoms with van der Waals surface area (Å²) in [5.74, 6) is 0.646. The Kier molecular flexibility index (Phi) is 3.75. The van der Waals surface area contributed by atoms with Crippen molar-refractivity contribution in [3.8, 4) is 0 Å². The van der Waals surface area contributed by atoms with Gasteiger partial charge in [0.15, 0.2) is 0 Å². The van der Waals surface area contributed by atoms with E-state index < -0.39 is 0 Å². The van der Waals surface area contributed by atoms with Crippen LogP contribution in [0.4, 0.5) is 0 Å². The minimum Gasteiger partial charge on any atom is -0.467 e. The standard InChI is InChI=1S/C13H16N2O2/c1-17-13(16)11-9-14-12(15-11)8-7-10-5-3-2-4-6-10/h2-6,11H,7-9H2,1H3,(H,14,15)/t11-/m1/s1. The molecule has 17 heavy (non-hydrogen) atoms. The molecule has 0 saturated heterocycles. The van der Waals surface area contributed by atoms with Gasteiger partial charge in [-0.25, -0.2) is 4.79 Å². The number of aryl methyl sites for hydroxylation is 1. The summed E-state index contributed by atoms with van der Waals surface area (Å²) in [6.45, 7) is 0.483. The van der Waals surface area contributed by atoms with Crippen molar-refractivity contribution < 1.29 is 9.53 Å². The quantitative estimate of drug-likeness (QED) is 0.793. The molecule has 1 aromatic carbocycles. The number of hydrogen-bond acceptors (Lipinski definition) is 4. The zero-order valence-electron chi connectivity index (χ0n) is 9.85. The third-order valence-corrected chi connectivity index (χ3v) is 2.78. The second-order valence-electron chi connectivity index (χ2n) is 3.99. The fraction of sp³-hybridized carbons (Fsp3) is 0.385. The van der Waals surface area contributed by atoms with Gasteiger partial charge in [0.1, 0.15) is 6.04 Å². The SMILES string of the molecule is COC(=O)[C@H]1CN=C(CCc2ccccc2)N1. The normalized spacial score (nSPS) is 18.4. The fourth-order valence-electron chi connectivity index (χ4n) is 1.83. The predicted molar refractivity (Wildman–Crippen MR) is 66.0 cm³/mol. The molecule has 1 heterocycles. The molecule has 4 nitrogen and oxygen atoms in total. The summed E-state index contributed by atoms with van der Waals surface area (Å²) in [5, 5.41) is 3.09. The number of rotatable bonds is 4. The van der Waals surface area contributed by atoms with E-state index in [1.165, 1.54) is 12.7 Å². The second kappa shape index (κ2) is 5.48. The molecule has 90 valence electrons. The molecule has 4 heteroatoms. The van der Waals surface area contributed by atoms with Gasteiger partial charge in [-0.15, -0.1) is 0 Å². The molecule has 1 aromatic rings. The number of amidine groups is 1. The van der Waals surface area contributed by atoms with Crippen LogP contribution in [0.1, 0.15) is 12.0 Å². The van der Waals surface area contributed by atoms with Crippen LogP contribution in [0.15, 0.2) is 35.3 Å². The molecule has 0 fully saturated rings. The second-order valence-corrected chi connectivity index (χ2v) is 3.99. The van der Waals surface area contributed by atoms with Crippen LogP contribution in [0, 0.1) is 0 Å². The van der Waals surface area contributed by atoms with Crippen LogP contribution in [0.5, 0.6) is 0 Å². The van der Waals surface area contributed by atoms with Crippen molar-refractivity contribution in [3.05, 3.63) is 35.9 Å². The topological polar surface area (TPSA) is 50.7 Å². The number of carbonyl (C=O) groups excluding carboxylic acids is 1. The first-order valence-electron chi connectivity index (χ1n) is 5.71. The average Bonchev–Trinajstić information content (AvgIpc) is 2.85. The molecule has 1 atom stereocenters. The molecule has 0 radical (unpaired) electrons. The van der Waals surface area contributed by atoms with E-state index in [0.29, 0.717) is 6.54 Å². The van der Waals surface area contributed by atoms with E-state index in [4.69, 9.17) is 0 Å². The van der Waals surface area contributed by atoms with Gasteiger partial charge in [0.05, 0.1) is 19.5 Å². The molecule has 0 aliphatic carbocycles. The third-order valence-electron chi connectivity index (χ3n) is 2.78. The molecule has 2 rings (SSSR count). The Labute approximate surface area is 101 Å². The van der Waals surface area contributed by atoms with Crippen molar-refractivity contribution in [2.24, 2.45) is 4.99 Å². The number of esters is 1. The zero-order chi connectivity index (χ0) is 12.1. The lowest BCUT2D eigenvalue weighted by atomic mass is 10.1. The molecule has 1 N–H and O–H groups in total. The highest BCUT2D eigenvalue weighted by atomic mass is 16.5. The lowest BCUT2D eigenvalue weighted by Gasteiger charge is -2.09. The summed E-state index contributed by atoms with van der Waals surface area (Å²) in [5.41, 5.74) is 1.28. The van der Waals surface area contributed by atoms with E-state index in [0.717, 1.165) is 18.7 Å². The molecule has 0 bridgehead atoms. The van der Waals surface area contributed by atoms with Crippen LogP contribution in [-0.4, -0.2) is 31.5 Å². The van der Waals surface area contributed by atoms with Crippen LogP contribution >= 0.6 is 0 Å². The molecule has 0 unspecified atom stereocenters. The van der Waals surface area contributed by atoms with Gasteiger partial charge in [0.25, 0.3) is 0 Å². The van der Waals surface area contributed by atoms with E-state index in [2.05, 4.69) is 27.2 Å². The molecule has 0 saturated carbocycles. The number of aliphatic imine (C=N–C) groups is 1. The fourth-order valence-corrected chi connectivity index (χ4v) is 1.83. The number of nitrogens with one attached hydrogen (secondary N) is 1. The van der Waals surface area contributed by atoms with Crippen LogP contribution in [0.25, 0.3) is 0 Å². The van der Waals surface area contributed by atoms with E-state index >= 15 is 0 Å². The van der Waals surface area contributed by atoms with Crippen molar-refractivity contribution in [1.82, 2.24) is 5.32 Å². The maximum atomic E-state index is 11.3. The molecule has 0 aromatic heterocycles. The number of methoxy groups -OCH3 is 1. The van der Waals surface area contributed by atoms with E-state index in [-0.39, 0.29) is 12.0 Å². The smallest absolute Gasteiger partial charge is 0.330 e. The Morgan fingerprint density at radius 1 is 1.41 bits per heavy atom. The maximum absolute atomic E-state index is 11.3. The monoisotopic (exact) mass is 232 g/mol. The molecule has 0 amide bonds. The van der Waals surface area contributed by atoms with Gasteiger partial charge in [0, 0.05) is 6.42 Å². The highest BCUT2D eigenvalue weighted by Crippen LogP contribution is 2.06. The molecule has 0 spiro atoms. The Morgan fingerprint density at radius 3 is 2.88 bits per heavy atom. The minimum atomic E-state index is -0.300. The molecular weight excluding hydrogens is 216 g/mol. The van der Waals surface area contributed by atoms with Crippen LogP contribution in [-0.2, 0) is 16.0 Å². The first kappa shape index (κ1) is 11.6. The maximum Gasteiger partial charge on any atom is 0.330 e. The summed E-state index contributed by atoms with van der Waals surface area (Å²) in [6.07, 6.45) is 1.76. The lowest BCUT2D eigenvalue weighted by Crippen LogP contribution is -2.38. The first-order chi connectivity index (χ1) is 8.29. The Hall–Kier alpha value is -1.84. The van der Waals surface area contributed by atoms with Gasteiger partial charge in [-0.1, -0.05) is 30.3 Å². The van der Waals surface area contributed by atoms with Gasteiger partial charge in [-0.2, -0.15) is 0 Å². The third kappa shape index (κ3) is 3.06. The van der Waals surface area contributed by atoms with E-state index in [1.54, 1.807) is 0 Å². The summed E-state index contributed by atoms with van der Waals surface area (Å²) in [6, 6.07) is 9.93. The van der Waals surface area contributed by atoms with E-state index in [1.807, 2.05) is 18.2 Å². The van der Waals surface area contributed by atoms with Crippen molar-refractivity contribution in [2.75, 3.05) is 13.7 Å². The highest BCUT2D eigenvalue weighted by Gasteiger charge is 2.24.